The Hall–Kier alpha value is -0.630. The average molecular weight is 178 g/mol. The topological polar surface area (TPSA) is 37.3 Å². The molecule has 0 aromatic rings. The SMILES string of the molecule is CC1=C2CCCC2(O)C2(CC2)C1=O. The minimum atomic E-state index is -0.714. The average Bonchev–Trinajstić information content (AvgIpc) is 2.81. The summed E-state index contributed by atoms with van der Waals surface area (Å²) in [6.07, 6.45) is 4.62. The van der Waals surface area contributed by atoms with Gasteiger partial charge in [-0.05, 0) is 50.2 Å². The van der Waals surface area contributed by atoms with Crippen LogP contribution in [0.5, 0.6) is 0 Å². The van der Waals surface area contributed by atoms with Crippen LogP contribution in [0.3, 0.4) is 0 Å². The molecule has 2 heteroatoms. The molecule has 0 heterocycles. The van der Waals surface area contributed by atoms with Crippen LogP contribution >= 0.6 is 0 Å². The van der Waals surface area contributed by atoms with Crippen LogP contribution < -0.4 is 0 Å². The molecule has 0 aliphatic heterocycles. The first kappa shape index (κ1) is 7.74. The quantitative estimate of drug-likeness (QED) is 0.611. The summed E-state index contributed by atoms with van der Waals surface area (Å²) >= 11 is 0. The van der Waals surface area contributed by atoms with Crippen molar-refractivity contribution >= 4 is 5.78 Å². The number of ketones is 1. The summed E-state index contributed by atoms with van der Waals surface area (Å²) < 4.78 is 0. The molecule has 0 aromatic carbocycles. The van der Waals surface area contributed by atoms with E-state index in [0.717, 1.165) is 43.3 Å². The lowest BCUT2D eigenvalue weighted by Crippen LogP contribution is -2.37. The smallest absolute Gasteiger partial charge is 0.168 e. The fraction of sp³-hybridized carbons (Fsp3) is 0.727. The van der Waals surface area contributed by atoms with Crippen LogP contribution in [0.2, 0.25) is 0 Å². The second-order valence-corrected chi connectivity index (χ2v) is 4.73. The second-order valence-electron chi connectivity index (χ2n) is 4.73. The van der Waals surface area contributed by atoms with Crippen molar-refractivity contribution in [3.05, 3.63) is 11.1 Å². The number of fused-ring (bicyclic) bond motifs is 2. The van der Waals surface area contributed by atoms with Crippen molar-refractivity contribution in [1.29, 1.82) is 0 Å². The van der Waals surface area contributed by atoms with Crippen LogP contribution in [0.25, 0.3) is 0 Å². The maximum Gasteiger partial charge on any atom is 0.168 e. The minimum Gasteiger partial charge on any atom is -0.384 e. The van der Waals surface area contributed by atoms with Gasteiger partial charge < -0.3 is 5.11 Å². The van der Waals surface area contributed by atoms with Crippen molar-refractivity contribution in [2.75, 3.05) is 0 Å². The maximum absolute atomic E-state index is 11.9. The van der Waals surface area contributed by atoms with E-state index in [2.05, 4.69) is 0 Å². The Morgan fingerprint density at radius 1 is 1.31 bits per heavy atom. The Labute approximate surface area is 77.6 Å². The minimum absolute atomic E-state index is 0.240. The molecule has 0 amide bonds. The summed E-state index contributed by atoms with van der Waals surface area (Å²) in [4.78, 5) is 11.9. The summed E-state index contributed by atoms with van der Waals surface area (Å²) in [6, 6.07) is 0. The molecular weight excluding hydrogens is 164 g/mol. The first-order valence-corrected chi connectivity index (χ1v) is 5.09. The lowest BCUT2D eigenvalue weighted by molar-refractivity contribution is -0.125. The number of aliphatic hydroxyl groups is 1. The Morgan fingerprint density at radius 3 is 2.62 bits per heavy atom. The Kier molecular flexibility index (Phi) is 1.13. The van der Waals surface area contributed by atoms with Gasteiger partial charge in [-0.15, -0.1) is 0 Å². The van der Waals surface area contributed by atoms with E-state index in [1.807, 2.05) is 6.92 Å². The number of allylic oxidation sites excluding steroid dienone is 1. The van der Waals surface area contributed by atoms with E-state index in [0.29, 0.717) is 0 Å². The fourth-order valence-corrected chi connectivity index (χ4v) is 3.35. The van der Waals surface area contributed by atoms with E-state index in [1.54, 1.807) is 0 Å². The van der Waals surface area contributed by atoms with E-state index < -0.39 is 5.60 Å². The van der Waals surface area contributed by atoms with Crippen molar-refractivity contribution in [3.63, 3.8) is 0 Å². The van der Waals surface area contributed by atoms with Gasteiger partial charge in [-0.3, -0.25) is 4.79 Å². The van der Waals surface area contributed by atoms with Gasteiger partial charge in [-0.1, -0.05) is 0 Å². The Balaban J connectivity index is 2.21. The predicted molar refractivity (Wildman–Crippen MR) is 48.2 cm³/mol. The molecule has 3 aliphatic carbocycles. The normalized spacial score (nSPS) is 40.3. The molecule has 0 bridgehead atoms. The molecule has 2 saturated carbocycles. The number of hydrogen-bond donors (Lipinski definition) is 1. The van der Waals surface area contributed by atoms with Gasteiger partial charge in [0.25, 0.3) is 0 Å². The van der Waals surface area contributed by atoms with Crippen molar-refractivity contribution in [2.24, 2.45) is 5.41 Å². The lowest BCUT2D eigenvalue weighted by Gasteiger charge is -2.26. The van der Waals surface area contributed by atoms with Crippen LogP contribution in [0.4, 0.5) is 0 Å². The van der Waals surface area contributed by atoms with E-state index >= 15 is 0 Å². The first-order chi connectivity index (χ1) is 6.12. The number of carbonyl (C=O) groups is 1. The summed E-state index contributed by atoms with van der Waals surface area (Å²) in [5.41, 5.74) is 0.879. The zero-order chi connectivity index (χ0) is 9.27. The highest BCUT2D eigenvalue weighted by molar-refractivity contribution is 6.07. The van der Waals surface area contributed by atoms with E-state index in [-0.39, 0.29) is 11.2 Å². The third-order valence-electron chi connectivity index (χ3n) is 4.23. The Morgan fingerprint density at radius 2 is 2.00 bits per heavy atom. The molecule has 13 heavy (non-hydrogen) atoms. The van der Waals surface area contributed by atoms with Gasteiger partial charge in [-0.25, -0.2) is 0 Å². The van der Waals surface area contributed by atoms with Crippen molar-refractivity contribution in [3.8, 4) is 0 Å². The zero-order valence-electron chi connectivity index (χ0n) is 7.89. The molecule has 0 saturated heterocycles. The largest absolute Gasteiger partial charge is 0.384 e. The highest BCUT2D eigenvalue weighted by Crippen LogP contribution is 2.67. The summed E-state index contributed by atoms with van der Waals surface area (Å²) in [5, 5.41) is 10.5. The van der Waals surface area contributed by atoms with Gasteiger partial charge in [-0.2, -0.15) is 0 Å². The Bertz CT molecular complexity index is 336. The third kappa shape index (κ3) is 0.613. The maximum atomic E-state index is 11.9. The fourth-order valence-electron chi connectivity index (χ4n) is 3.35. The molecule has 1 atom stereocenters. The van der Waals surface area contributed by atoms with Gasteiger partial charge in [0.1, 0.15) is 0 Å². The highest BCUT2D eigenvalue weighted by atomic mass is 16.3. The van der Waals surface area contributed by atoms with Crippen molar-refractivity contribution in [2.45, 2.75) is 44.6 Å². The van der Waals surface area contributed by atoms with Crippen LogP contribution in [0, 0.1) is 5.41 Å². The molecule has 70 valence electrons. The molecule has 2 fully saturated rings. The van der Waals surface area contributed by atoms with Gasteiger partial charge in [0.05, 0.1) is 11.0 Å². The third-order valence-corrected chi connectivity index (χ3v) is 4.23. The van der Waals surface area contributed by atoms with Gasteiger partial charge >= 0.3 is 0 Å². The summed E-state index contributed by atoms with van der Waals surface area (Å²) in [5.74, 6) is 0.240. The molecule has 1 unspecified atom stereocenters. The van der Waals surface area contributed by atoms with Crippen LogP contribution in [-0.2, 0) is 4.79 Å². The highest BCUT2D eigenvalue weighted by Gasteiger charge is 2.69. The van der Waals surface area contributed by atoms with Crippen LogP contribution in [0.15, 0.2) is 11.1 Å². The zero-order valence-corrected chi connectivity index (χ0v) is 7.89. The second kappa shape index (κ2) is 1.90. The van der Waals surface area contributed by atoms with E-state index in [1.165, 1.54) is 0 Å². The van der Waals surface area contributed by atoms with Gasteiger partial charge in [0.15, 0.2) is 5.78 Å². The van der Waals surface area contributed by atoms with E-state index in [9.17, 15) is 9.90 Å². The van der Waals surface area contributed by atoms with Gasteiger partial charge in [0, 0.05) is 0 Å². The summed E-state index contributed by atoms with van der Waals surface area (Å²) in [7, 11) is 0. The number of rotatable bonds is 0. The van der Waals surface area contributed by atoms with Crippen LogP contribution in [-0.4, -0.2) is 16.5 Å². The lowest BCUT2D eigenvalue weighted by atomic mass is 9.84. The molecule has 0 aromatic heterocycles. The predicted octanol–water partition coefficient (Wildman–Crippen LogP) is 1.58. The first-order valence-electron chi connectivity index (χ1n) is 5.09. The molecule has 0 radical (unpaired) electrons. The molecule has 1 N–H and O–H groups in total. The van der Waals surface area contributed by atoms with Crippen molar-refractivity contribution < 1.29 is 9.90 Å². The van der Waals surface area contributed by atoms with Crippen LogP contribution in [0.1, 0.15) is 39.0 Å². The molecule has 3 aliphatic rings. The number of hydrogen-bond acceptors (Lipinski definition) is 2. The monoisotopic (exact) mass is 178 g/mol. The van der Waals surface area contributed by atoms with Gasteiger partial charge in [0.2, 0.25) is 0 Å². The standard InChI is InChI=1S/C11H14O2/c1-7-8-3-2-4-11(8,13)10(5-6-10)9(7)12/h13H,2-6H2,1H3. The summed E-state index contributed by atoms with van der Waals surface area (Å²) in [6.45, 7) is 1.89. The molecule has 1 spiro atoms. The number of carbonyl (C=O) groups excluding carboxylic acids is 1. The molecule has 2 nitrogen and oxygen atoms in total. The number of Topliss-reactive ketones (excluding diaryl/α,β-unsaturated/α-hetero) is 1. The van der Waals surface area contributed by atoms with Crippen molar-refractivity contribution in [1.82, 2.24) is 0 Å². The molecule has 3 rings (SSSR count). The molecular formula is C11H14O2. The van der Waals surface area contributed by atoms with E-state index in [4.69, 9.17) is 0 Å².